The Hall–Kier alpha value is -7.08. The van der Waals surface area contributed by atoms with Gasteiger partial charge in [-0.1, -0.05) is 6.07 Å². The Labute approximate surface area is 570 Å². The Morgan fingerprint density at radius 1 is 0.490 bits per heavy atom. The second-order valence-corrected chi connectivity index (χ2v) is 24.9. The minimum absolute atomic E-state index is 0.162. The number of aromatic nitrogens is 2. The lowest BCUT2D eigenvalue weighted by Gasteiger charge is -2.28. The third-order valence-corrected chi connectivity index (χ3v) is 16.7. The van der Waals surface area contributed by atoms with Crippen LogP contribution >= 0.6 is 0 Å². The Morgan fingerprint density at radius 3 is 1.33 bits per heavy atom. The van der Waals surface area contributed by atoms with Crippen molar-refractivity contribution in [3.05, 3.63) is 170 Å². The van der Waals surface area contributed by atoms with E-state index in [0.717, 1.165) is 104 Å². The molecule has 6 unspecified atom stereocenters. The summed E-state index contributed by atoms with van der Waals surface area (Å²) in [7, 11) is 0. The highest BCUT2D eigenvalue weighted by Gasteiger charge is 2.13. The van der Waals surface area contributed by atoms with E-state index in [2.05, 4.69) is 39.8 Å². The number of nitrogens with two attached hydrogens (primary N) is 1. The van der Waals surface area contributed by atoms with Crippen molar-refractivity contribution in [2.24, 2.45) is 10.9 Å². The quantitative estimate of drug-likeness (QED) is 0.0282. The van der Waals surface area contributed by atoms with Crippen molar-refractivity contribution in [3.8, 4) is 17.2 Å². The smallest absolute Gasteiger partial charge is 0.263 e. The van der Waals surface area contributed by atoms with Crippen molar-refractivity contribution in [1.82, 2.24) is 19.8 Å². The Morgan fingerprint density at radius 2 is 0.917 bits per heavy atom. The first kappa shape index (κ1) is 79.6. The predicted octanol–water partition coefficient (Wildman–Crippen LogP) is 4.18. The number of amides is 1. The number of carbonyl (C=O) groups excluding carboxylic acids is 1. The zero-order valence-electron chi connectivity index (χ0n) is 51.5. The summed E-state index contributed by atoms with van der Waals surface area (Å²) in [5.41, 5.74) is 1.62. The normalized spacial score (nSPS) is 15.7. The maximum absolute atomic E-state index is 11.6. The number of carbonyl (C=O) groups is 1. The lowest BCUT2D eigenvalue weighted by atomic mass is 10.2. The van der Waals surface area contributed by atoms with Crippen LogP contribution < -0.4 is 30.3 Å². The minimum atomic E-state index is -2.27. The van der Waals surface area contributed by atoms with Gasteiger partial charge in [-0.2, -0.15) is 5.90 Å². The SMILES string of the molecule is NOC=Nc1ccc(S(=O)[O-])cc1.O=C(COc1ccc(S(=O)[O-])cc1)Nc1ccccn1.O=S([O-])c1ccc(N2CCOCC2)cc1.O=S([O-])c1ccc(OCCN2CCOCC2)cc1.O=S([O-])c1ccc(OCCOCCN2CCOCC2)cc1.O=S([O-])c1cccnc1. The summed E-state index contributed by atoms with van der Waals surface area (Å²) in [5, 5.41) is 2.57. The molecule has 96 heavy (non-hydrogen) atoms. The molecular formula is C61H70N8O21S6-6. The van der Waals surface area contributed by atoms with Gasteiger partial charge in [0.05, 0.1) is 58.5 Å². The van der Waals surface area contributed by atoms with Crippen LogP contribution in [0.15, 0.2) is 205 Å². The molecule has 0 aliphatic carbocycles. The average molecular weight is 1440 g/mol. The molecule has 1 amide bonds. The molecule has 0 radical (unpaired) electrons. The van der Waals surface area contributed by atoms with E-state index in [1.165, 1.54) is 79.1 Å². The molecule has 5 aromatic carbocycles. The Kier molecular flexibility index (Phi) is 38.9. The highest BCUT2D eigenvalue weighted by atomic mass is 32.2. The molecule has 0 saturated carbocycles. The number of rotatable bonds is 24. The van der Waals surface area contributed by atoms with Crippen LogP contribution in [0.25, 0.3) is 0 Å². The number of pyridine rings is 2. The lowest BCUT2D eigenvalue weighted by molar-refractivity contribution is -0.118. The summed E-state index contributed by atoms with van der Waals surface area (Å²) in [5.74, 6) is 6.55. The number of hydrogen-bond acceptors (Lipinski definition) is 28. The Balaban J connectivity index is 0.000000212. The minimum Gasteiger partial charge on any atom is -0.768 e. The Bertz CT molecular complexity index is 3480. The van der Waals surface area contributed by atoms with E-state index < -0.39 is 66.5 Å². The highest BCUT2D eigenvalue weighted by Crippen LogP contribution is 2.20. The van der Waals surface area contributed by atoms with Crippen LogP contribution in [0.2, 0.25) is 0 Å². The van der Waals surface area contributed by atoms with Gasteiger partial charge in [-0.3, -0.25) is 44.8 Å². The van der Waals surface area contributed by atoms with Crippen molar-refractivity contribution in [1.29, 1.82) is 0 Å². The van der Waals surface area contributed by atoms with E-state index >= 15 is 0 Å². The fourth-order valence-electron chi connectivity index (χ4n) is 7.93. The van der Waals surface area contributed by atoms with E-state index in [1.54, 1.807) is 79.0 Å². The van der Waals surface area contributed by atoms with Gasteiger partial charge in [0.1, 0.15) is 36.3 Å². The molecule has 29 nitrogen and oxygen atoms in total. The number of morpholine rings is 3. The van der Waals surface area contributed by atoms with E-state index in [-0.39, 0.29) is 37.0 Å². The first-order chi connectivity index (χ1) is 46.5. The molecule has 2 aromatic heterocycles. The summed E-state index contributed by atoms with van der Waals surface area (Å²) < 4.78 is 164. The number of nitrogens with zero attached hydrogens (tertiary/aromatic N) is 6. The zero-order valence-corrected chi connectivity index (χ0v) is 56.4. The van der Waals surface area contributed by atoms with Gasteiger partial charge in [-0.05, 0) is 212 Å². The molecule has 3 fully saturated rings. The molecule has 35 heteroatoms. The van der Waals surface area contributed by atoms with Crippen LogP contribution in [-0.2, 0) is 95.1 Å². The van der Waals surface area contributed by atoms with Gasteiger partial charge in [-0.15, -0.1) is 0 Å². The van der Waals surface area contributed by atoms with Crippen molar-refractivity contribution in [2.45, 2.75) is 29.4 Å². The number of anilines is 2. The molecule has 3 saturated heterocycles. The van der Waals surface area contributed by atoms with Gasteiger partial charge in [0.25, 0.3) is 5.91 Å². The predicted molar refractivity (Wildman–Crippen MR) is 351 cm³/mol. The van der Waals surface area contributed by atoms with Gasteiger partial charge >= 0.3 is 0 Å². The van der Waals surface area contributed by atoms with Crippen LogP contribution in [-0.4, -0.2) is 210 Å². The van der Waals surface area contributed by atoms with Crippen molar-refractivity contribution < 1.29 is 95.4 Å². The summed E-state index contributed by atoms with van der Waals surface area (Å²) in [6.45, 7) is 14.0. The summed E-state index contributed by atoms with van der Waals surface area (Å²) in [4.78, 5) is 35.2. The van der Waals surface area contributed by atoms with Crippen molar-refractivity contribution >= 4 is 96.0 Å². The van der Waals surface area contributed by atoms with Gasteiger partial charge in [0.2, 0.25) is 6.40 Å². The molecule has 0 bridgehead atoms. The first-order valence-electron chi connectivity index (χ1n) is 28.9. The van der Waals surface area contributed by atoms with E-state index in [0.29, 0.717) is 60.1 Å². The highest BCUT2D eigenvalue weighted by molar-refractivity contribution is 7.80. The van der Waals surface area contributed by atoms with Crippen LogP contribution in [0.5, 0.6) is 17.2 Å². The van der Waals surface area contributed by atoms with Crippen molar-refractivity contribution in [3.63, 3.8) is 0 Å². The molecule has 0 spiro atoms. The molecule has 5 heterocycles. The monoisotopic (exact) mass is 1440 g/mol. The fraction of sp³-hybridized carbons (Fsp3) is 0.311. The van der Waals surface area contributed by atoms with Crippen LogP contribution in [0.4, 0.5) is 17.2 Å². The fourth-order valence-corrected chi connectivity index (χ4v) is 10.1. The van der Waals surface area contributed by atoms with Gasteiger partial charge in [-0.25, -0.2) is 9.98 Å². The lowest BCUT2D eigenvalue weighted by Crippen LogP contribution is -2.38. The summed E-state index contributed by atoms with van der Waals surface area (Å²) in [6, 6.07) is 39.6. The second-order valence-electron chi connectivity index (χ2n) is 19.2. The average Bonchev–Trinajstić information content (AvgIpc) is 1.19. The molecule has 3 aliphatic heterocycles. The maximum atomic E-state index is 11.6. The van der Waals surface area contributed by atoms with Gasteiger partial charge < -0.3 is 75.5 Å². The molecule has 7 aromatic rings. The second kappa shape index (κ2) is 47.0. The van der Waals surface area contributed by atoms with E-state index in [1.807, 2.05) is 12.1 Å². The number of aliphatic imine (C=N–C) groups is 1. The third-order valence-electron chi connectivity index (χ3n) is 12.8. The molecular weight excluding hydrogens is 1370 g/mol. The first-order valence-corrected chi connectivity index (χ1v) is 35.4. The standard InChI is InChI=1S/C14H21NO5S.C13H12N2O4S.C12H17NO4S.C10H13NO3S.C7H8N2O3S.C5H5NO2S/c16-21(17)14-3-1-13(2-4-14)20-12-11-19-10-7-15-5-8-18-9-6-15;16-13(15-12-3-1-2-8-14-12)9-19-10-4-6-11(7-5-10)20(17)18;14-18(15)12-3-1-11(2-4-12)17-10-7-13-5-8-16-9-6-13;12-15(13)10-3-1-9(2-4-10)11-5-7-14-8-6-11;8-12-5-9-6-1-3-7(4-2-6)13(10)11;7-9(8)5-2-1-3-6-4-5/h1-4H,5-12H2,(H,16,17);1-8H,9H2,(H,17,18)(H,14,15,16);1-4H,5-10H2,(H,14,15);1-4H,5-8H2,(H,12,13);1-5H,8H2,(H,10,11);1-4H,(H,7,8)/p-6. The number of nitrogens with one attached hydrogen (secondary N) is 1. The largest absolute Gasteiger partial charge is 0.768 e. The van der Waals surface area contributed by atoms with Crippen molar-refractivity contribution in [2.75, 3.05) is 135 Å². The summed E-state index contributed by atoms with van der Waals surface area (Å²) >= 11 is -13.1. The molecule has 6 atom stereocenters. The van der Waals surface area contributed by atoms with Gasteiger partial charge in [0.15, 0.2) is 6.61 Å². The third kappa shape index (κ3) is 33.2. The summed E-state index contributed by atoms with van der Waals surface area (Å²) in [6.07, 6.45) is 5.45. The number of ether oxygens (including phenoxy) is 7. The van der Waals surface area contributed by atoms with Crippen LogP contribution in [0, 0.1) is 0 Å². The van der Waals surface area contributed by atoms with Crippen LogP contribution in [0.3, 0.4) is 0 Å². The number of hydrogen-bond donors (Lipinski definition) is 2. The molecule has 10 rings (SSSR count). The molecule has 522 valence electrons. The van der Waals surface area contributed by atoms with Gasteiger partial charge in [0, 0.05) is 106 Å². The van der Waals surface area contributed by atoms with E-state index in [9.17, 15) is 57.4 Å². The maximum Gasteiger partial charge on any atom is 0.263 e. The number of benzene rings is 5. The van der Waals surface area contributed by atoms with Crippen LogP contribution in [0.1, 0.15) is 0 Å². The zero-order chi connectivity index (χ0) is 69.1. The van der Waals surface area contributed by atoms with E-state index in [4.69, 9.17) is 39.1 Å². The molecule has 3 aliphatic rings. The topological polar surface area (TPSA) is 418 Å². The molecule has 3 N–H and O–H groups in total.